The third-order valence-corrected chi connectivity index (χ3v) is 2.60. The van der Waals surface area contributed by atoms with E-state index in [1.807, 2.05) is 17.9 Å². The minimum Gasteiger partial charge on any atom is -0.395 e. The van der Waals surface area contributed by atoms with Crippen LogP contribution in [-0.4, -0.2) is 29.5 Å². The molecule has 0 aliphatic carbocycles. The molecule has 0 aliphatic heterocycles. The summed E-state index contributed by atoms with van der Waals surface area (Å²) >= 11 is 0. The molecule has 1 heterocycles. The first-order valence-electron chi connectivity index (χ1n) is 4.72. The van der Waals surface area contributed by atoms with Gasteiger partial charge in [-0.1, -0.05) is 5.92 Å². The number of nitrogens with zero attached hydrogens (tertiary/aromatic N) is 2. The first-order valence-corrected chi connectivity index (χ1v) is 5.53. The number of aryl methyl sites for hydroxylation is 1. The van der Waals surface area contributed by atoms with Crippen LogP contribution in [0, 0.1) is 19.3 Å². The Kier molecular flexibility index (Phi) is 4.55. The predicted molar refractivity (Wildman–Crippen MR) is 65.9 cm³/mol. The molecule has 1 N–H and O–H groups in total. The Morgan fingerprint density at radius 3 is 2.93 bits per heavy atom. The Bertz CT molecular complexity index is 373. The third kappa shape index (κ3) is 2.92. The van der Waals surface area contributed by atoms with Gasteiger partial charge in [0, 0.05) is 24.6 Å². The van der Waals surface area contributed by atoms with Crippen LogP contribution in [0.2, 0.25) is 0 Å². The summed E-state index contributed by atoms with van der Waals surface area (Å²) in [6.45, 7) is 2.63. The zero-order valence-electron chi connectivity index (χ0n) is 8.77. The van der Waals surface area contributed by atoms with Crippen LogP contribution >= 0.6 is 9.24 Å². The van der Waals surface area contributed by atoms with Crippen LogP contribution in [0.1, 0.15) is 11.3 Å². The van der Waals surface area contributed by atoms with E-state index in [0.29, 0.717) is 6.54 Å². The SMILES string of the molecule is C#Cc1cnc(C)c(N(CP)CCO)c1. The second-order valence-electron chi connectivity index (χ2n) is 3.14. The molecule has 0 saturated carbocycles. The van der Waals surface area contributed by atoms with Crippen molar-refractivity contribution in [3.8, 4) is 12.3 Å². The fourth-order valence-corrected chi connectivity index (χ4v) is 1.73. The molecule has 1 atom stereocenters. The highest BCUT2D eigenvalue weighted by molar-refractivity contribution is 7.16. The van der Waals surface area contributed by atoms with E-state index in [0.717, 1.165) is 23.2 Å². The van der Waals surface area contributed by atoms with Gasteiger partial charge in [-0.3, -0.25) is 4.98 Å². The lowest BCUT2D eigenvalue weighted by Gasteiger charge is -2.23. The van der Waals surface area contributed by atoms with E-state index >= 15 is 0 Å². The molecule has 4 heteroatoms. The Morgan fingerprint density at radius 1 is 1.67 bits per heavy atom. The quantitative estimate of drug-likeness (QED) is 0.610. The van der Waals surface area contributed by atoms with Crippen molar-refractivity contribution in [1.29, 1.82) is 0 Å². The summed E-state index contributed by atoms with van der Waals surface area (Å²) in [6, 6.07) is 1.92. The zero-order chi connectivity index (χ0) is 11.3. The molecule has 0 aromatic carbocycles. The summed E-state index contributed by atoms with van der Waals surface area (Å²) in [5, 5.41) is 8.93. The van der Waals surface area contributed by atoms with Gasteiger partial charge in [0.15, 0.2) is 0 Å². The minimum atomic E-state index is 0.119. The molecule has 0 saturated heterocycles. The second-order valence-corrected chi connectivity index (χ2v) is 3.51. The van der Waals surface area contributed by atoms with Gasteiger partial charge in [-0.25, -0.2) is 0 Å². The number of aliphatic hydroxyl groups is 1. The Hall–Kier alpha value is -1.10. The van der Waals surface area contributed by atoms with Gasteiger partial charge < -0.3 is 10.0 Å². The molecule has 1 aromatic heterocycles. The van der Waals surface area contributed by atoms with Gasteiger partial charge in [0.2, 0.25) is 0 Å². The van der Waals surface area contributed by atoms with E-state index in [4.69, 9.17) is 11.5 Å². The van der Waals surface area contributed by atoms with Crippen LogP contribution in [0.4, 0.5) is 5.69 Å². The van der Waals surface area contributed by atoms with Crippen molar-refractivity contribution in [2.45, 2.75) is 6.92 Å². The third-order valence-electron chi connectivity index (χ3n) is 2.16. The van der Waals surface area contributed by atoms with Crippen LogP contribution in [0.25, 0.3) is 0 Å². The molecule has 3 nitrogen and oxygen atoms in total. The van der Waals surface area contributed by atoms with E-state index < -0.39 is 0 Å². The van der Waals surface area contributed by atoms with E-state index in [1.54, 1.807) is 6.20 Å². The lowest BCUT2D eigenvalue weighted by molar-refractivity contribution is 0.303. The summed E-state index contributed by atoms with van der Waals surface area (Å²) in [6.07, 6.45) is 7.75. The smallest absolute Gasteiger partial charge is 0.0606 e. The predicted octanol–water partition coefficient (Wildman–Crippen LogP) is 1.00. The summed E-state index contributed by atoms with van der Waals surface area (Å²) < 4.78 is 0. The molecule has 0 aliphatic rings. The van der Waals surface area contributed by atoms with Gasteiger partial charge in [-0.05, 0) is 13.0 Å². The van der Waals surface area contributed by atoms with Crippen molar-refractivity contribution in [1.82, 2.24) is 4.98 Å². The molecule has 1 unspecified atom stereocenters. The van der Waals surface area contributed by atoms with Crippen LogP contribution in [0.3, 0.4) is 0 Å². The van der Waals surface area contributed by atoms with E-state index in [9.17, 15) is 0 Å². The van der Waals surface area contributed by atoms with Gasteiger partial charge in [0.1, 0.15) is 0 Å². The maximum Gasteiger partial charge on any atom is 0.0606 e. The molecule has 0 amide bonds. The standard InChI is InChI=1S/C11H15N2OP/c1-3-10-6-11(9(2)12-7-10)13(8-15)4-5-14/h1,6-7,14H,4-5,8,15H2,2H3. The normalized spacial score (nSPS) is 9.73. The van der Waals surface area contributed by atoms with Crippen LogP contribution < -0.4 is 4.90 Å². The number of anilines is 1. The molecule has 1 rings (SSSR count). The topological polar surface area (TPSA) is 36.4 Å². The van der Waals surface area contributed by atoms with Crippen molar-refractivity contribution in [3.63, 3.8) is 0 Å². The summed E-state index contributed by atoms with van der Waals surface area (Å²) in [5.74, 6) is 2.56. The first kappa shape index (κ1) is 12.0. The van der Waals surface area contributed by atoms with Crippen LogP contribution in [0.15, 0.2) is 12.3 Å². The number of terminal acetylenes is 1. The van der Waals surface area contributed by atoms with Crippen molar-refractivity contribution in [3.05, 3.63) is 23.5 Å². The fourth-order valence-electron chi connectivity index (χ4n) is 1.35. The van der Waals surface area contributed by atoms with E-state index in [-0.39, 0.29) is 6.61 Å². The molecule has 0 bridgehead atoms. The van der Waals surface area contributed by atoms with Crippen molar-refractivity contribution in [2.24, 2.45) is 0 Å². The number of rotatable bonds is 4. The highest BCUT2D eigenvalue weighted by atomic mass is 31.0. The summed E-state index contributed by atoms with van der Waals surface area (Å²) in [4.78, 5) is 6.25. The molecule has 0 fully saturated rings. The first-order chi connectivity index (χ1) is 7.22. The average molecular weight is 222 g/mol. The number of hydrogen-bond acceptors (Lipinski definition) is 3. The van der Waals surface area contributed by atoms with Gasteiger partial charge in [0.25, 0.3) is 0 Å². The van der Waals surface area contributed by atoms with E-state index in [1.165, 1.54) is 0 Å². The Balaban J connectivity index is 3.05. The zero-order valence-corrected chi connectivity index (χ0v) is 9.93. The number of aliphatic hydroxyl groups excluding tert-OH is 1. The molecular formula is C11H15N2OP. The molecule has 1 aromatic rings. The average Bonchev–Trinajstić information content (AvgIpc) is 2.27. The highest BCUT2D eigenvalue weighted by Gasteiger charge is 2.08. The lowest BCUT2D eigenvalue weighted by atomic mass is 10.2. The van der Waals surface area contributed by atoms with Crippen molar-refractivity contribution >= 4 is 14.9 Å². The Labute approximate surface area is 92.7 Å². The van der Waals surface area contributed by atoms with Gasteiger partial charge >= 0.3 is 0 Å². The van der Waals surface area contributed by atoms with E-state index in [2.05, 4.69) is 20.1 Å². The summed E-state index contributed by atoms with van der Waals surface area (Å²) in [7, 11) is 2.63. The number of pyridine rings is 1. The molecule has 0 spiro atoms. The largest absolute Gasteiger partial charge is 0.395 e. The molecule has 0 radical (unpaired) electrons. The highest BCUT2D eigenvalue weighted by Crippen LogP contribution is 2.19. The van der Waals surface area contributed by atoms with Crippen LogP contribution in [-0.2, 0) is 0 Å². The van der Waals surface area contributed by atoms with Gasteiger partial charge in [-0.15, -0.1) is 15.7 Å². The number of aromatic nitrogens is 1. The molecule has 80 valence electrons. The van der Waals surface area contributed by atoms with Gasteiger partial charge in [-0.2, -0.15) is 0 Å². The van der Waals surface area contributed by atoms with Crippen LogP contribution in [0.5, 0.6) is 0 Å². The fraction of sp³-hybridized carbons (Fsp3) is 0.364. The summed E-state index contributed by atoms with van der Waals surface area (Å²) in [5.41, 5.74) is 2.66. The maximum atomic E-state index is 8.93. The Morgan fingerprint density at radius 2 is 2.40 bits per heavy atom. The second kappa shape index (κ2) is 5.70. The maximum absolute atomic E-state index is 8.93. The van der Waals surface area contributed by atoms with Gasteiger partial charge in [0.05, 0.1) is 18.0 Å². The molecule has 15 heavy (non-hydrogen) atoms. The van der Waals surface area contributed by atoms with Crippen molar-refractivity contribution in [2.75, 3.05) is 24.3 Å². The minimum absolute atomic E-state index is 0.119. The molecular weight excluding hydrogens is 207 g/mol. The monoisotopic (exact) mass is 222 g/mol. The number of hydrogen-bond donors (Lipinski definition) is 1. The van der Waals surface area contributed by atoms with Crippen molar-refractivity contribution < 1.29 is 5.11 Å². The lowest BCUT2D eigenvalue weighted by Crippen LogP contribution is -2.25.